The number of hydrogen-bond acceptors (Lipinski definition) is 2. The van der Waals surface area contributed by atoms with Gasteiger partial charge in [0.2, 0.25) is 0 Å². The third-order valence-corrected chi connectivity index (χ3v) is 2.73. The quantitative estimate of drug-likeness (QED) is 0.722. The Kier molecular flexibility index (Phi) is 1.89. The van der Waals surface area contributed by atoms with Crippen molar-refractivity contribution in [2.24, 2.45) is 4.99 Å². The molecule has 0 spiro atoms. The Morgan fingerprint density at radius 2 is 2.25 bits per heavy atom. The van der Waals surface area contributed by atoms with Crippen LogP contribution in [0.1, 0.15) is 11.1 Å². The molecule has 0 atom stereocenters. The summed E-state index contributed by atoms with van der Waals surface area (Å²) in [6.45, 7) is 0.815. The lowest BCUT2D eigenvalue weighted by molar-refractivity contribution is 0.473. The van der Waals surface area contributed by atoms with Crippen LogP contribution in [0, 0.1) is 0 Å². The van der Waals surface area contributed by atoms with Crippen LogP contribution in [0.5, 0.6) is 5.75 Å². The van der Waals surface area contributed by atoms with Crippen LogP contribution in [0.25, 0.3) is 0 Å². The van der Waals surface area contributed by atoms with E-state index in [0.29, 0.717) is 5.75 Å². The van der Waals surface area contributed by atoms with E-state index < -0.39 is 0 Å². The monoisotopic (exact) mass is 225 g/mol. The first-order valence-electron chi connectivity index (χ1n) is 3.79. The molecule has 2 rings (SSSR count). The maximum absolute atomic E-state index is 9.47. The van der Waals surface area contributed by atoms with E-state index in [1.54, 1.807) is 12.3 Å². The molecule has 1 N–H and O–H groups in total. The van der Waals surface area contributed by atoms with Crippen LogP contribution in [0.2, 0.25) is 0 Å². The van der Waals surface area contributed by atoms with Crippen LogP contribution in [-0.2, 0) is 6.42 Å². The zero-order valence-corrected chi connectivity index (χ0v) is 8.00. The zero-order valence-electron chi connectivity index (χ0n) is 6.42. The van der Waals surface area contributed by atoms with Crippen LogP contribution in [-0.4, -0.2) is 17.9 Å². The zero-order chi connectivity index (χ0) is 8.55. The fraction of sp³-hybridized carbons (Fsp3) is 0.222. The number of halogens is 1. The van der Waals surface area contributed by atoms with Crippen LogP contribution in [0.4, 0.5) is 0 Å². The lowest BCUT2D eigenvalue weighted by Gasteiger charge is -2.12. The third-order valence-electron chi connectivity index (χ3n) is 1.99. The van der Waals surface area contributed by atoms with Gasteiger partial charge in [-0.05, 0) is 24.1 Å². The highest BCUT2D eigenvalue weighted by Crippen LogP contribution is 2.28. The van der Waals surface area contributed by atoms with Gasteiger partial charge < -0.3 is 5.11 Å². The Morgan fingerprint density at radius 1 is 1.42 bits per heavy atom. The van der Waals surface area contributed by atoms with Crippen molar-refractivity contribution in [2.75, 3.05) is 6.54 Å². The van der Waals surface area contributed by atoms with Crippen molar-refractivity contribution in [3.05, 3.63) is 27.7 Å². The number of fused-ring (bicyclic) bond motifs is 1. The van der Waals surface area contributed by atoms with Gasteiger partial charge in [-0.3, -0.25) is 4.99 Å². The van der Waals surface area contributed by atoms with Gasteiger partial charge in [-0.2, -0.15) is 0 Å². The number of aliphatic imine (C=N–C) groups is 1. The molecule has 0 fully saturated rings. The van der Waals surface area contributed by atoms with Crippen LogP contribution in [0.15, 0.2) is 21.6 Å². The summed E-state index contributed by atoms with van der Waals surface area (Å²) in [7, 11) is 0. The number of hydrogen-bond donors (Lipinski definition) is 1. The molecule has 0 bridgehead atoms. The van der Waals surface area contributed by atoms with Crippen molar-refractivity contribution in [3.8, 4) is 5.75 Å². The van der Waals surface area contributed by atoms with Gasteiger partial charge >= 0.3 is 0 Å². The first-order chi connectivity index (χ1) is 5.79. The largest absolute Gasteiger partial charge is 0.507 e. The summed E-state index contributed by atoms with van der Waals surface area (Å²) in [6.07, 6.45) is 2.64. The molecule has 1 heterocycles. The highest BCUT2D eigenvalue weighted by Gasteiger charge is 2.12. The standard InChI is InChI=1S/C9H8BrNO/c10-8-1-2-9(12)7-5-11-4-3-6(7)8/h1-2,5,12H,3-4H2. The molecule has 1 aliphatic rings. The predicted molar refractivity (Wildman–Crippen MR) is 52.0 cm³/mol. The molecule has 0 radical (unpaired) electrons. The number of phenols is 1. The van der Waals surface area contributed by atoms with Gasteiger partial charge in [-0.15, -0.1) is 0 Å². The minimum atomic E-state index is 0.316. The second kappa shape index (κ2) is 2.90. The second-order valence-corrected chi connectivity index (χ2v) is 3.60. The highest BCUT2D eigenvalue weighted by atomic mass is 79.9. The topological polar surface area (TPSA) is 32.6 Å². The molecule has 3 heteroatoms. The van der Waals surface area contributed by atoms with E-state index in [2.05, 4.69) is 20.9 Å². The number of nitrogens with zero attached hydrogens (tertiary/aromatic N) is 1. The van der Waals surface area contributed by atoms with E-state index in [4.69, 9.17) is 0 Å². The fourth-order valence-electron chi connectivity index (χ4n) is 1.36. The van der Waals surface area contributed by atoms with Crippen molar-refractivity contribution in [3.63, 3.8) is 0 Å². The van der Waals surface area contributed by atoms with Crippen LogP contribution >= 0.6 is 15.9 Å². The van der Waals surface area contributed by atoms with Gasteiger partial charge in [0.25, 0.3) is 0 Å². The van der Waals surface area contributed by atoms with E-state index >= 15 is 0 Å². The van der Waals surface area contributed by atoms with Gasteiger partial charge in [0, 0.05) is 22.8 Å². The molecule has 0 saturated heterocycles. The Bertz CT molecular complexity index is 347. The fourth-order valence-corrected chi connectivity index (χ4v) is 1.90. The minimum Gasteiger partial charge on any atom is -0.507 e. The van der Waals surface area contributed by atoms with Gasteiger partial charge in [0.1, 0.15) is 5.75 Å². The number of phenolic OH excluding ortho intramolecular Hbond substituents is 1. The molecule has 0 aliphatic carbocycles. The average Bonchev–Trinajstić information content (AvgIpc) is 2.12. The Labute approximate surface area is 79.1 Å². The maximum atomic E-state index is 9.47. The van der Waals surface area contributed by atoms with E-state index in [1.807, 2.05) is 6.07 Å². The maximum Gasteiger partial charge on any atom is 0.124 e. The molecule has 2 nitrogen and oxygen atoms in total. The smallest absolute Gasteiger partial charge is 0.124 e. The summed E-state index contributed by atoms with van der Waals surface area (Å²) in [5, 5.41) is 9.47. The molecule has 0 amide bonds. The molecule has 0 aromatic heterocycles. The average molecular weight is 226 g/mol. The van der Waals surface area contributed by atoms with E-state index in [-0.39, 0.29) is 0 Å². The number of benzene rings is 1. The SMILES string of the molecule is Oc1ccc(Br)c2c1C=NCC2. The first-order valence-corrected chi connectivity index (χ1v) is 4.58. The van der Waals surface area contributed by atoms with Gasteiger partial charge in [0.05, 0.1) is 0 Å². The van der Waals surface area contributed by atoms with Crippen molar-refractivity contribution in [2.45, 2.75) is 6.42 Å². The van der Waals surface area contributed by atoms with Crippen LogP contribution < -0.4 is 0 Å². The van der Waals surface area contributed by atoms with Gasteiger partial charge in [-0.1, -0.05) is 15.9 Å². The highest BCUT2D eigenvalue weighted by molar-refractivity contribution is 9.10. The van der Waals surface area contributed by atoms with Crippen molar-refractivity contribution in [1.29, 1.82) is 0 Å². The minimum absolute atomic E-state index is 0.316. The van der Waals surface area contributed by atoms with Crippen molar-refractivity contribution >= 4 is 22.1 Å². The Morgan fingerprint density at radius 3 is 3.00 bits per heavy atom. The summed E-state index contributed by atoms with van der Waals surface area (Å²) in [4.78, 5) is 4.11. The molecule has 1 aliphatic heterocycles. The third kappa shape index (κ3) is 1.14. The molecule has 1 aromatic carbocycles. The normalized spacial score (nSPS) is 14.4. The van der Waals surface area contributed by atoms with E-state index in [9.17, 15) is 5.11 Å². The Hall–Kier alpha value is -0.830. The summed E-state index contributed by atoms with van der Waals surface area (Å²) in [6, 6.07) is 3.55. The lowest BCUT2D eigenvalue weighted by atomic mass is 10.0. The lowest BCUT2D eigenvalue weighted by Crippen LogP contribution is -2.03. The van der Waals surface area contributed by atoms with Gasteiger partial charge in [-0.25, -0.2) is 0 Å². The van der Waals surface area contributed by atoms with Crippen molar-refractivity contribution < 1.29 is 5.11 Å². The van der Waals surface area contributed by atoms with E-state index in [1.165, 1.54) is 0 Å². The number of aromatic hydroxyl groups is 1. The second-order valence-electron chi connectivity index (χ2n) is 2.74. The summed E-state index contributed by atoms with van der Waals surface area (Å²) >= 11 is 3.44. The summed E-state index contributed by atoms with van der Waals surface area (Å²) < 4.78 is 1.06. The molecule has 1 aromatic rings. The summed E-state index contributed by atoms with van der Waals surface area (Å²) in [5.74, 6) is 0.316. The van der Waals surface area contributed by atoms with Crippen molar-refractivity contribution in [1.82, 2.24) is 0 Å². The molecular weight excluding hydrogens is 218 g/mol. The first kappa shape index (κ1) is 7.80. The predicted octanol–water partition coefficient (Wildman–Crippen LogP) is 2.13. The van der Waals surface area contributed by atoms with E-state index in [0.717, 1.165) is 28.6 Å². The molecule has 12 heavy (non-hydrogen) atoms. The molecule has 0 saturated carbocycles. The Balaban J connectivity index is 2.67. The molecule has 62 valence electrons. The molecule has 0 unspecified atom stereocenters. The summed E-state index contributed by atoms with van der Waals surface area (Å²) in [5.41, 5.74) is 2.01. The van der Waals surface area contributed by atoms with Gasteiger partial charge in [0.15, 0.2) is 0 Å². The molecular formula is C9H8BrNO. The van der Waals surface area contributed by atoms with Crippen LogP contribution in [0.3, 0.4) is 0 Å². The number of rotatable bonds is 0.